The molecule has 0 N–H and O–H groups in total. The molecule has 2 aromatic rings. The zero-order chi connectivity index (χ0) is 13.7. The number of benzene rings is 2. The molecule has 98 valence electrons. The third-order valence-corrected chi connectivity index (χ3v) is 2.91. The maximum Gasteiger partial charge on any atom is 0.167 e. The van der Waals surface area contributed by atoms with Crippen LogP contribution >= 0.6 is 0 Å². The van der Waals surface area contributed by atoms with Gasteiger partial charge in [0.25, 0.3) is 0 Å². The van der Waals surface area contributed by atoms with Crippen molar-refractivity contribution in [2.75, 3.05) is 6.61 Å². The highest BCUT2D eigenvalue weighted by atomic mass is 16.5. The lowest BCUT2D eigenvalue weighted by molar-refractivity contribution is 0.0992. The highest BCUT2D eigenvalue weighted by Crippen LogP contribution is 2.16. The Morgan fingerprint density at radius 3 is 2.63 bits per heavy atom. The lowest BCUT2D eigenvalue weighted by atomic mass is 10.0. The van der Waals surface area contributed by atoms with Crippen molar-refractivity contribution in [1.29, 1.82) is 0 Å². The van der Waals surface area contributed by atoms with Crippen molar-refractivity contribution >= 4 is 5.78 Å². The van der Waals surface area contributed by atoms with Crippen molar-refractivity contribution in [3.05, 3.63) is 65.2 Å². The molecule has 0 amide bonds. The van der Waals surface area contributed by atoms with Crippen LogP contribution in [0.2, 0.25) is 0 Å². The summed E-state index contributed by atoms with van der Waals surface area (Å²) in [6.07, 6.45) is 0.428. The maximum absolute atomic E-state index is 12.2. The first-order chi connectivity index (χ1) is 9.19. The number of carbonyl (C=O) groups excluding carboxylic acids is 1. The molecule has 0 aliphatic rings. The Kier molecular flexibility index (Phi) is 4.35. The van der Waals surface area contributed by atoms with Crippen LogP contribution in [0.5, 0.6) is 5.75 Å². The van der Waals surface area contributed by atoms with Gasteiger partial charge in [-0.3, -0.25) is 4.79 Å². The van der Waals surface area contributed by atoms with Crippen molar-refractivity contribution in [2.24, 2.45) is 0 Å². The fourth-order valence-electron chi connectivity index (χ4n) is 2.04. The Hall–Kier alpha value is -2.09. The van der Waals surface area contributed by atoms with E-state index in [1.54, 1.807) is 0 Å². The van der Waals surface area contributed by atoms with Crippen LogP contribution in [0, 0.1) is 6.92 Å². The minimum atomic E-state index is 0.118. The fraction of sp³-hybridized carbons (Fsp3) is 0.235. The molecule has 0 aromatic heterocycles. The largest absolute Gasteiger partial charge is 0.494 e. The Morgan fingerprint density at radius 2 is 1.89 bits per heavy atom. The average molecular weight is 254 g/mol. The van der Waals surface area contributed by atoms with Gasteiger partial charge in [-0.2, -0.15) is 0 Å². The number of hydrogen-bond donors (Lipinski definition) is 0. The molecule has 0 radical (unpaired) electrons. The van der Waals surface area contributed by atoms with E-state index in [0.717, 1.165) is 11.3 Å². The number of ketones is 1. The second kappa shape index (κ2) is 6.19. The van der Waals surface area contributed by atoms with E-state index in [0.29, 0.717) is 18.6 Å². The zero-order valence-corrected chi connectivity index (χ0v) is 11.3. The smallest absolute Gasteiger partial charge is 0.167 e. The van der Waals surface area contributed by atoms with Gasteiger partial charge in [0.05, 0.1) is 6.61 Å². The minimum Gasteiger partial charge on any atom is -0.494 e. The number of hydrogen-bond acceptors (Lipinski definition) is 2. The SMILES string of the molecule is CCOc1cccc(C(=O)Cc2cccc(C)c2)c1. The molecule has 0 bridgehead atoms. The average Bonchev–Trinajstić information content (AvgIpc) is 2.39. The lowest BCUT2D eigenvalue weighted by Gasteiger charge is -2.06. The second-order valence-corrected chi connectivity index (χ2v) is 4.55. The van der Waals surface area contributed by atoms with Crippen LogP contribution in [0.1, 0.15) is 28.4 Å². The standard InChI is InChI=1S/C17H18O2/c1-3-19-16-9-5-8-15(12-16)17(18)11-14-7-4-6-13(2)10-14/h4-10,12H,3,11H2,1-2H3. The van der Waals surface area contributed by atoms with E-state index < -0.39 is 0 Å². The van der Waals surface area contributed by atoms with Crippen LogP contribution in [-0.2, 0) is 6.42 Å². The summed E-state index contributed by atoms with van der Waals surface area (Å²) in [6, 6.07) is 15.4. The molecule has 0 saturated carbocycles. The van der Waals surface area contributed by atoms with E-state index in [1.165, 1.54) is 5.56 Å². The van der Waals surface area contributed by atoms with E-state index in [2.05, 4.69) is 0 Å². The van der Waals surface area contributed by atoms with E-state index >= 15 is 0 Å². The lowest BCUT2D eigenvalue weighted by Crippen LogP contribution is -2.04. The number of Topliss-reactive ketones (excluding diaryl/α,β-unsaturated/α-hetero) is 1. The molecule has 2 aromatic carbocycles. The van der Waals surface area contributed by atoms with E-state index in [-0.39, 0.29) is 5.78 Å². The number of aryl methyl sites for hydroxylation is 1. The first-order valence-electron chi connectivity index (χ1n) is 6.50. The highest BCUT2D eigenvalue weighted by Gasteiger charge is 2.08. The van der Waals surface area contributed by atoms with Gasteiger partial charge in [0.15, 0.2) is 5.78 Å². The van der Waals surface area contributed by atoms with Crippen LogP contribution in [0.4, 0.5) is 0 Å². The van der Waals surface area contributed by atoms with Crippen molar-refractivity contribution in [3.63, 3.8) is 0 Å². The summed E-state index contributed by atoms with van der Waals surface area (Å²) in [5, 5.41) is 0. The molecular formula is C17H18O2. The Bertz CT molecular complexity index is 573. The summed E-state index contributed by atoms with van der Waals surface area (Å²) in [5.41, 5.74) is 2.92. The molecule has 2 heteroatoms. The van der Waals surface area contributed by atoms with E-state index in [1.807, 2.05) is 62.4 Å². The normalized spacial score (nSPS) is 10.2. The van der Waals surface area contributed by atoms with Gasteiger partial charge in [0.1, 0.15) is 5.75 Å². The van der Waals surface area contributed by atoms with Crippen LogP contribution in [-0.4, -0.2) is 12.4 Å². The molecule has 0 heterocycles. The first-order valence-corrected chi connectivity index (χ1v) is 6.50. The highest BCUT2D eigenvalue weighted by molar-refractivity contribution is 5.97. The maximum atomic E-state index is 12.2. The molecule has 2 rings (SSSR count). The van der Waals surface area contributed by atoms with Crippen molar-refractivity contribution < 1.29 is 9.53 Å². The third-order valence-electron chi connectivity index (χ3n) is 2.91. The Labute approximate surface area is 114 Å². The molecule has 0 saturated heterocycles. The van der Waals surface area contributed by atoms with Gasteiger partial charge in [-0.15, -0.1) is 0 Å². The molecule has 19 heavy (non-hydrogen) atoms. The summed E-state index contributed by atoms with van der Waals surface area (Å²) < 4.78 is 5.41. The first kappa shape index (κ1) is 13.3. The molecule has 2 nitrogen and oxygen atoms in total. The molecule has 0 aliphatic carbocycles. The molecule has 0 fully saturated rings. The summed E-state index contributed by atoms with van der Waals surface area (Å²) in [7, 11) is 0. The van der Waals surface area contributed by atoms with Gasteiger partial charge in [0.2, 0.25) is 0 Å². The van der Waals surface area contributed by atoms with E-state index in [4.69, 9.17) is 4.74 Å². The molecule has 0 spiro atoms. The Balaban J connectivity index is 2.13. The summed E-state index contributed by atoms with van der Waals surface area (Å²) in [4.78, 5) is 12.2. The topological polar surface area (TPSA) is 26.3 Å². The van der Waals surface area contributed by atoms with Gasteiger partial charge in [-0.05, 0) is 31.5 Å². The predicted octanol–water partition coefficient (Wildman–Crippen LogP) is 3.82. The summed E-state index contributed by atoms with van der Waals surface area (Å²) in [6.45, 7) is 4.57. The quantitative estimate of drug-likeness (QED) is 0.758. The number of rotatable bonds is 5. The minimum absolute atomic E-state index is 0.118. The molecule has 0 atom stereocenters. The summed E-state index contributed by atoms with van der Waals surface area (Å²) >= 11 is 0. The molecule has 0 aliphatic heterocycles. The molecular weight excluding hydrogens is 236 g/mol. The van der Waals surface area contributed by atoms with Crippen LogP contribution in [0.25, 0.3) is 0 Å². The van der Waals surface area contributed by atoms with Crippen LogP contribution < -0.4 is 4.74 Å². The van der Waals surface area contributed by atoms with Gasteiger partial charge in [0, 0.05) is 12.0 Å². The second-order valence-electron chi connectivity index (χ2n) is 4.55. The third kappa shape index (κ3) is 3.68. The van der Waals surface area contributed by atoms with Crippen molar-refractivity contribution in [3.8, 4) is 5.75 Å². The summed E-state index contributed by atoms with van der Waals surface area (Å²) in [5.74, 6) is 0.866. The van der Waals surface area contributed by atoms with Crippen LogP contribution in [0.3, 0.4) is 0 Å². The van der Waals surface area contributed by atoms with Gasteiger partial charge >= 0.3 is 0 Å². The zero-order valence-electron chi connectivity index (χ0n) is 11.3. The number of ether oxygens (including phenoxy) is 1. The van der Waals surface area contributed by atoms with Crippen molar-refractivity contribution in [2.45, 2.75) is 20.3 Å². The van der Waals surface area contributed by atoms with Crippen molar-refractivity contribution in [1.82, 2.24) is 0 Å². The van der Waals surface area contributed by atoms with Gasteiger partial charge in [-0.1, -0.05) is 42.0 Å². The van der Waals surface area contributed by atoms with E-state index in [9.17, 15) is 4.79 Å². The predicted molar refractivity (Wildman–Crippen MR) is 76.8 cm³/mol. The fourth-order valence-corrected chi connectivity index (χ4v) is 2.04. The Morgan fingerprint density at radius 1 is 1.11 bits per heavy atom. The van der Waals surface area contributed by atoms with Gasteiger partial charge < -0.3 is 4.74 Å². The monoisotopic (exact) mass is 254 g/mol. The molecule has 0 unspecified atom stereocenters. The number of carbonyl (C=O) groups is 1. The van der Waals surface area contributed by atoms with Gasteiger partial charge in [-0.25, -0.2) is 0 Å². The van der Waals surface area contributed by atoms with Crippen LogP contribution in [0.15, 0.2) is 48.5 Å².